The van der Waals surface area contributed by atoms with Crippen molar-refractivity contribution in [3.63, 3.8) is 0 Å². The Hall–Kier alpha value is -7.21. The molecule has 0 saturated carbocycles. The zero-order valence-electron chi connectivity index (χ0n) is 30.0. The van der Waals surface area contributed by atoms with Gasteiger partial charge in [-0.15, -0.1) is 11.3 Å². The molecule has 12 rings (SSSR count). The molecule has 0 fully saturated rings. The van der Waals surface area contributed by atoms with E-state index in [0.29, 0.717) is 17.5 Å². The van der Waals surface area contributed by atoms with E-state index in [9.17, 15) is 0 Å². The summed E-state index contributed by atoms with van der Waals surface area (Å²) in [6.45, 7) is 0. The van der Waals surface area contributed by atoms with Crippen LogP contribution in [0.5, 0.6) is 0 Å². The van der Waals surface area contributed by atoms with Crippen LogP contribution in [0, 0.1) is 0 Å². The molecule has 56 heavy (non-hydrogen) atoms. The third kappa shape index (κ3) is 4.62. The molecule has 9 aromatic carbocycles. The molecule has 4 nitrogen and oxygen atoms in total. The maximum atomic E-state index is 5.45. The third-order valence-corrected chi connectivity index (χ3v) is 12.4. The Morgan fingerprint density at radius 1 is 0.375 bits per heavy atom. The van der Waals surface area contributed by atoms with Crippen molar-refractivity contribution in [3.05, 3.63) is 182 Å². The molecule has 0 saturated heterocycles. The highest BCUT2D eigenvalue weighted by Crippen LogP contribution is 2.47. The Morgan fingerprint density at radius 3 is 1.79 bits per heavy atom. The molecule has 0 atom stereocenters. The van der Waals surface area contributed by atoms with E-state index in [1.165, 1.54) is 47.1 Å². The van der Waals surface area contributed by atoms with Crippen molar-refractivity contribution in [3.8, 4) is 39.9 Å². The van der Waals surface area contributed by atoms with Crippen molar-refractivity contribution in [2.24, 2.45) is 0 Å². The Kier molecular flexibility index (Phi) is 6.76. The zero-order valence-corrected chi connectivity index (χ0v) is 30.8. The SMILES string of the molecule is c1ccc(-c2nc(-c3cc4sc5c6ccccc6ccc5c4c4c3ccc3ccccc34)nc(-c3cccc4c3c3ccccc3n4-c3ccccc3)n2)cc1. The van der Waals surface area contributed by atoms with E-state index >= 15 is 0 Å². The molecular weight excluding hydrogens is 701 g/mol. The van der Waals surface area contributed by atoms with Gasteiger partial charge in [-0.1, -0.05) is 152 Å². The Bertz CT molecular complexity index is 3530. The van der Waals surface area contributed by atoms with E-state index in [1.54, 1.807) is 0 Å². The summed E-state index contributed by atoms with van der Waals surface area (Å²) in [5.74, 6) is 1.94. The largest absolute Gasteiger partial charge is 0.309 e. The quantitative estimate of drug-likeness (QED) is 0.169. The third-order valence-electron chi connectivity index (χ3n) is 11.2. The van der Waals surface area contributed by atoms with Gasteiger partial charge in [-0.3, -0.25) is 0 Å². The molecule has 0 radical (unpaired) electrons. The fraction of sp³-hybridized carbons (Fsp3) is 0. The monoisotopic (exact) mass is 730 g/mol. The number of thiophene rings is 1. The summed E-state index contributed by atoms with van der Waals surface area (Å²) in [6, 6.07) is 64.7. The van der Waals surface area contributed by atoms with E-state index in [2.05, 4.69) is 168 Å². The van der Waals surface area contributed by atoms with Crippen molar-refractivity contribution >= 4 is 85.6 Å². The second-order valence-corrected chi connectivity index (χ2v) is 15.4. The van der Waals surface area contributed by atoms with Crippen LogP contribution in [0.1, 0.15) is 0 Å². The minimum atomic E-state index is 0.644. The van der Waals surface area contributed by atoms with Crippen LogP contribution in [-0.4, -0.2) is 19.5 Å². The number of nitrogens with zero attached hydrogens (tertiary/aromatic N) is 4. The highest BCUT2D eigenvalue weighted by Gasteiger charge is 2.22. The molecule has 12 aromatic rings. The van der Waals surface area contributed by atoms with Crippen LogP contribution >= 0.6 is 11.3 Å². The van der Waals surface area contributed by atoms with Gasteiger partial charge in [0.05, 0.1) is 11.0 Å². The molecule has 0 N–H and O–H groups in total. The molecule has 0 bridgehead atoms. The number of aromatic nitrogens is 4. The molecule has 0 aliphatic rings. The van der Waals surface area contributed by atoms with Crippen molar-refractivity contribution < 1.29 is 0 Å². The van der Waals surface area contributed by atoms with Gasteiger partial charge in [-0.05, 0) is 62.6 Å². The highest BCUT2D eigenvalue weighted by atomic mass is 32.1. The van der Waals surface area contributed by atoms with E-state index in [-0.39, 0.29) is 0 Å². The average molecular weight is 731 g/mol. The van der Waals surface area contributed by atoms with Gasteiger partial charge in [0.25, 0.3) is 0 Å². The zero-order chi connectivity index (χ0) is 36.7. The molecular formula is C51H30N4S. The van der Waals surface area contributed by atoms with Crippen molar-refractivity contribution in [1.29, 1.82) is 0 Å². The van der Waals surface area contributed by atoms with Crippen molar-refractivity contribution in [1.82, 2.24) is 19.5 Å². The smallest absolute Gasteiger partial charge is 0.164 e. The molecule has 0 spiro atoms. The van der Waals surface area contributed by atoms with Crippen molar-refractivity contribution in [2.45, 2.75) is 0 Å². The summed E-state index contributed by atoms with van der Waals surface area (Å²) in [7, 11) is 0. The first-order chi connectivity index (χ1) is 27.8. The van der Waals surface area contributed by atoms with Gasteiger partial charge in [0.15, 0.2) is 17.5 Å². The summed E-state index contributed by atoms with van der Waals surface area (Å²) < 4.78 is 4.85. The first-order valence-corrected chi connectivity index (χ1v) is 19.7. The molecule has 5 heteroatoms. The molecule has 0 aliphatic heterocycles. The standard InChI is InChI=1S/C51H30N4S/c1-3-16-33(17-4-1)49-52-50(40-23-13-25-43-45(40)38-22-11-12-24-42(38)55(43)34-18-5-2-6-19-34)54-51(53-49)41-30-44-47(46-35-20-9-7-14-31(35)26-28-37(41)46)39-29-27-32-15-8-10-21-36(32)48(39)56-44/h1-30H. The molecule has 3 heterocycles. The van der Waals surface area contributed by atoms with Gasteiger partial charge in [-0.25, -0.2) is 15.0 Å². The Morgan fingerprint density at radius 2 is 0.982 bits per heavy atom. The van der Waals surface area contributed by atoms with Gasteiger partial charge in [0, 0.05) is 53.3 Å². The van der Waals surface area contributed by atoms with Crippen LogP contribution in [0.15, 0.2) is 182 Å². The molecule has 260 valence electrons. The van der Waals surface area contributed by atoms with Gasteiger partial charge in [0.2, 0.25) is 0 Å². The number of para-hydroxylation sites is 2. The lowest BCUT2D eigenvalue weighted by atomic mass is 9.93. The predicted molar refractivity (Wildman–Crippen MR) is 236 cm³/mol. The van der Waals surface area contributed by atoms with Gasteiger partial charge in [0.1, 0.15) is 0 Å². The van der Waals surface area contributed by atoms with Crippen LogP contribution in [0.3, 0.4) is 0 Å². The average Bonchev–Trinajstić information content (AvgIpc) is 3.82. The molecule has 3 aromatic heterocycles. The fourth-order valence-corrected chi connectivity index (χ4v) is 10.0. The summed E-state index contributed by atoms with van der Waals surface area (Å²) >= 11 is 1.85. The highest BCUT2D eigenvalue weighted by molar-refractivity contribution is 7.27. The van der Waals surface area contributed by atoms with E-state index in [0.717, 1.165) is 49.6 Å². The van der Waals surface area contributed by atoms with E-state index in [4.69, 9.17) is 15.0 Å². The number of rotatable bonds is 4. The number of hydrogen-bond donors (Lipinski definition) is 0. The topological polar surface area (TPSA) is 43.6 Å². The minimum Gasteiger partial charge on any atom is -0.309 e. The number of benzene rings is 9. The van der Waals surface area contributed by atoms with E-state index < -0.39 is 0 Å². The lowest BCUT2D eigenvalue weighted by molar-refractivity contribution is 1.08. The number of hydrogen-bond acceptors (Lipinski definition) is 4. The summed E-state index contributed by atoms with van der Waals surface area (Å²) in [6.07, 6.45) is 0. The predicted octanol–water partition coefficient (Wildman–Crippen LogP) is 13.8. The summed E-state index contributed by atoms with van der Waals surface area (Å²) in [5, 5.41) is 12.1. The van der Waals surface area contributed by atoms with Gasteiger partial charge < -0.3 is 4.57 Å². The van der Waals surface area contributed by atoms with E-state index in [1.807, 2.05) is 29.5 Å². The molecule has 0 unspecified atom stereocenters. The van der Waals surface area contributed by atoms with Crippen LogP contribution in [0.25, 0.3) is 114 Å². The lowest BCUT2D eigenvalue weighted by Gasteiger charge is -2.13. The maximum absolute atomic E-state index is 5.45. The van der Waals surface area contributed by atoms with Crippen LogP contribution in [0.2, 0.25) is 0 Å². The van der Waals surface area contributed by atoms with Crippen LogP contribution < -0.4 is 0 Å². The first kappa shape index (κ1) is 31.2. The summed E-state index contributed by atoms with van der Waals surface area (Å²) in [5.41, 5.74) is 6.27. The molecule has 0 amide bonds. The van der Waals surface area contributed by atoms with Gasteiger partial charge in [-0.2, -0.15) is 0 Å². The van der Waals surface area contributed by atoms with Crippen LogP contribution in [0.4, 0.5) is 0 Å². The Labute approximate surface area is 325 Å². The fourth-order valence-electron chi connectivity index (χ4n) is 8.76. The van der Waals surface area contributed by atoms with Crippen molar-refractivity contribution in [2.75, 3.05) is 0 Å². The maximum Gasteiger partial charge on any atom is 0.164 e. The molecule has 0 aliphatic carbocycles. The summed E-state index contributed by atoms with van der Waals surface area (Å²) in [4.78, 5) is 16.0. The lowest BCUT2D eigenvalue weighted by Crippen LogP contribution is -2.01. The number of fused-ring (bicyclic) bond motifs is 12. The van der Waals surface area contributed by atoms with Crippen LogP contribution in [-0.2, 0) is 0 Å². The minimum absolute atomic E-state index is 0.644. The Balaban J connectivity index is 1.20. The first-order valence-electron chi connectivity index (χ1n) is 18.9. The second kappa shape index (κ2) is 12.2. The second-order valence-electron chi connectivity index (χ2n) is 14.3. The normalized spacial score (nSPS) is 11.9. The van der Waals surface area contributed by atoms with Gasteiger partial charge >= 0.3 is 0 Å².